The van der Waals surface area contributed by atoms with Crippen LogP contribution < -0.4 is 10.2 Å². The number of rotatable bonds is 4. The van der Waals surface area contributed by atoms with Crippen molar-refractivity contribution in [3.63, 3.8) is 0 Å². The maximum atomic E-state index is 13.7. The van der Waals surface area contributed by atoms with Gasteiger partial charge in [-0.1, -0.05) is 60.1 Å². The highest BCUT2D eigenvalue weighted by atomic mass is 35.5. The van der Waals surface area contributed by atoms with E-state index in [0.717, 1.165) is 33.9 Å². The Morgan fingerprint density at radius 2 is 1.80 bits per heavy atom. The fourth-order valence-electron chi connectivity index (χ4n) is 6.17. The number of halogens is 1. The highest BCUT2D eigenvalue weighted by Crippen LogP contribution is 2.45. The van der Waals surface area contributed by atoms with Crippen LogP contribution in [0.2, 0.25) is 5.02 Å². The van der Waals surface area contributed by atoms with E-state index in [-0.39, 0.29) is 29.7 Å². The minimum absolute atomic E-state index is 0.0389. The number of benzene rings is 3. The average Bonchev–Trinajstić information content (AvgIpc) is 2.96. The molecule has 1 N–H and O–H groups in total. The molecule has 3 unspecified atom stereocenters. The zero-order valence-electron chi connectivity index (χ0n) is 22.3. The van der Waals surface area contributed by atoms with Crippen LogP contribution in [0.25, 0.3) is 21.9 Å². The summed E-state index contributed by atoms with van der Waals surface area (Å²) in [5.41, 5.74) is 3.96. The Morgan fingerprint density at radius 3 is 2.62 bits per heavy atom. The number of carbonyl (C=O) groups is 3. The van der Waals surface area contributed by atoms with E-state index in [1.165, 1.54) is 4.90 Å². The van der Waals surface area contributed by atoms with E-state index in [0.29, 0.717) is 29.1 Å². The van der Waals surface area contributed by atoms with Crippen molar-refractivity contribution in [2.24, 2.45) is 5.92 Å². The molecule has 8 heteroatoms. The van der Waals surface area contributed by atoms with Crippen LogP contribution in [0.15, 0.2) is 79.1 Å². The lowest BCUT2D eigenvalue weighted by atomic mass is 9.72. The van der Waals surface area contributed by atoms with Crippen molar-refractivity contribution in [2.75, 3.05) is 19.0 Å². The summed E-state index contributed by atoms with van der Waals surface area (Å²) in [6.45, 7) is 0. The van der Waals surface area contributed by atoms with Crippen LogP contribution in [0.3, 0.4) is 0 Å². The second-order valence-corrected chi connectivity index (χ2v) is 11.1. The van der Waals surface area contributed by atoms with Crippen molar-refractivity contribution in [3.05, 3.63) is 95.3 Å². The molecule has 1 aliphatic carbocycles. The summed E-state index contributed by atoms with van der Waals surface area (Å²) in [5, 5.41) is 5.44. The fraction of sp³-hybridized carbons (Fsp3) is 0.250. The van der Waals surface area contributed by atoms with E-state index in [2.05, 4.69) is 10.3 Å². The third-order valence-corrected chi connectivity index (χ3v) is 8.41. The predicted octanol–water partition coefficient (Wildman–Crippen LogP) is 6.27. The lowest BCUT2D eigenvalue weighted by Crippen LogP contribution is -2.61. The molecule has 0 radical (unpaired) electrons. The molecule has 3 aromatic carbocycles. The number of nitrogens with one attached hydrogen (secondary N) is 1. The van der Waals surface area contributed by atoms with Gasteiger partial charge in [0.15, 0.2) is 0 Å². The zero-order chi connectivity index (χ0) is 28.0. The van der Waals surface area contributed by atoms with Gasteiger partial charge in [-0.3, -0.25) is 14.6 Å². The molecule has 4 amide bonds. The molecule has 1 saturated heterocycles. The van der Waals surface area contributed by atoms with Gasteiger partial charge in [0.25, 0.3) is 5.91 Å². The molecule has 7 nitrogen and oxygen atoms in total. The minimum atomic E-state index is -0.431. The van der Waals surface area contributed by atoms with Crippen molar-refractivity contribution >= 4 is 45.9 Å². The standard InChI is InChI=1S/C32H29ClN4O3/c1-36(2)30(38)21-9-5-8-19(15-21)24-11-6-12-26(33)29(24)20-13-14-25-27(16-20)35-32(40)37(31(25)39)28-18-34-17-22-7-3-4-10-23(22)28/h3-12,15,17-18,20,25,27H,13-14,16H2,1-2H3,(H,35,40). The van der Waals surface area contributed by atoms with Gasteiger partial charge in [-0.25, -0.2) is 9.69 Å². The fourth-order valence-corrected chi connectivity index (χ4v) is 6.49. The van der Waals surface area contributed by atoms with Gasteiger partial charge in [0.1, 0.15) is 0 Å². The highest BCUT2D eigenvalue weighted by molar-refractivity contribution is 6.32. The Labute approximate surface area is 237 Å². The Balaban J connectivity index is 1.30. The molecule has 1 aliphatic heterocycles. The number of carbonyl (C=O) groups excluding carboxylic acids is 3. The number of urea groups is 1. The molecule has 2 fully saturated rings. The first kappa shape index (κ1) is 26.0. The lowest BCUT2D eigenvalue weighted by Gasteiger charge is -2.43. The Bertz CT molecular complexity index is 1650. The molecular weight excluding hydrogens is 524 g/mol. The molecule has 6 rings (SSSR count). The number of imide groups is 1. The maximum Gasteiger partial charge on any atom is 0.329 e. The smallest absolute Gasteiger partial charge is 0.329 e. The van der Waals surface area contributed by atoms with E-state index in [1.54, 1.807) is 31.4 Å². The van der Waals surface area contributed by atoms with Crippen LogP contribution in [-0.4, -0.2) is 47.9 Å². The summed E-state index contributed by atoms with van der Waals surface area (Å²) >= 11 is 6.81. The molecule has 40 heavy (non-hydrogen) atoms. The van der Waals surface area contributed by atoms with Gasteiger partial charge in [-0.15, -0.1) is 0 Å². The number of anilines is 1. The van der Waals surface area contributed by atoms with E-state index < -0.39 is 6.03 Å². The molecule has 3 atom stereocenters. The number of pyridine rings is 1. The lowest BCUT2D eigenvalue weighted by molar-refractivity contribution is -0.124. The molecule has 202 valence electrons. The first-order chi connectivity index (χ1) is 19.3. The third-order valence-electron chi connectivity index (χ3n) is 8.08. The molecule has 1 aromatic heterocycles. The SMILES string of the molecule is CN(C)C(=O)c1cccc(-c2cccc(Cl)c2C2CCC3C(=O)N(c4cncc5ccccc45)C(=O)NC3C2)c1. The van der Waals surface area contributed by atoms with Crippen molar-refractivity contribution in [2.45, 2.75) is 31.2 Å². The third kappa shape index (κ3) is 4.50. The molecule has 4 aromatic rings. The summed E-state index contributed by atoms with van der Waals surface area (Å²) in [4.78, 5) is 46.8. The molecule has 0 spiro atoms. The van der Waals surface area contributed by atoms with E-state index in [9.17, 15) is 14.4 Å². The quantitative estimate of drug-likeness (QED) is 0.324. The van der Waals surface area contributed by atoms with Gasteiger partial charge in [-0.2, -0.15) is 0 Å². The van der Waals surface area contributed by atoms with Crippen molar-refractivity contribution in [1.82, 2.24) is 15.2 Å². The number of hydrogen-bond acceptors (Lipinski definition) is 4. The number of nitrogens with zero attached hydrogens (tertiary/aromatic N) is 3. The number of aromatic nitrogens is 1. The molecule has 0 bridgehead atoms. The summed E-state index contributed by atoms with van der Waals surface area (Å²) in [6.07, 6.45) is 5.27. The summed E-state index contributed by atoms with van der Waals surface area (Å²) < 4.78 is 0. The van der Waals surface area contributed by atoms with Gasteiger partial charge in [0.05, 0.1) is 17.8 Å². The van der Waals surface area contributed by atoms with Gasteiger partial charge in [0, 0.05) is 47.7 Å². The van der Waals surface area contributed by atoms with Crippen molar-refractivity contribution < 1.29 is 14.4 Å². The second kappa shape index (κ2) is 10.4. The Kier molecular flexibility index (Phi) is 6.76. The topological polar surface area (TPSA) is 82.6 Å². The normalized spacial score (nSPS) is 20.7. The molecule has 1 saturated carbocycles. The molecule has 2 heterocycles. The Morgan fingerprint density at radius 1 is 1.00 bits per heavy atom. The van der Waals surface area contributed by atoms with Crippen LogP contribution in [0.1, 0.15) is 41.1 Å². The van der Waals surface area contributed by atoms with Gasteiger partial charge in [-0.05, 0) is 60.1 Å². The van der Waals surface area contributed by atoms with Gasteiger partial charge in [0.2, 0.25) is 5.91 Å². The average molecular weight is 553 g/mol. The number of hydrogen-bond donors (Lipinski definition) is 1. The number of fused-ring (bicyclic) bond motifs is 2. The first-order valence-corrected chi connectivity index (χ1v) is 13.8. The van der Waals surface area contributed by atoms with Crippen molar-refractivity contribution in [3.8, 4) is 11.1 Å². The van der Waals surface area contributed by atoms with E-state index >= 15 is 0 Å². The van der Waals surface area contributed by atoms with Crippen LogP contribution in [0, 0.1) is 5.92 Å². The summed E-state index contributed by atoms with van der Waals surface area (Å²) in [5.74, 6) is -0.558. The largest absolute Gasteiger partial charge is 0.345 e. The molecular formula is C32H29ClN4O3. The van der Waals surface area contributed by atoms with Crippen LogP contribution in [0.4, 0.5) is 10.5 Å². The van der Waals surface area contributed by atoms with E-state index in [1.807, 2.05) is 66.7 Å². The van der Waals surface area contributed by atoms with Crippen LogP contribution in [-0.2, 0) is 4.79 Å². The second-order valence-electron chi connectivity index (χ2n) is 10.7. The molecule has 2 aliphatic rings. The number of amides is 4. The Hall–Kier alpha value is -4.23. The van der Waals surface area contributed by atoms with Gasteiger partial charge >= 0.3 is 6.03 Å². The monoisotopic (exact) mass is 552 g/mol. The van der Waals surface area contributed by atoms with Crippen LogP contribution in [0.5, 0.6) is 0 Å². The minimum Gasteiger partial charge on any atom is -0.345 e. The first-order valence-electron chi connectivity index (χ1n) is 13.4. The van der Waals surface area contributed by atoms with Crippen LogP contribution >= 0.6 is 11.6 Å². The maximum absolute atomic E-state index is 13.7. The van der Waals surface area contributed by atoms with Crippen molar-refractivity contribution in [1.29, 1.82) is 0 Å². The van der Waals surface area contributed by atoms with E-state index in [4.69, 9.17) is 11.6 Å². The van der Waals surface area contributed by atoms with Gasteiger partial charge < -0.3 is 10.2 Å². The summed E-state index contributed by atoms with van der Waals surface area (Å²) in [7, 11) is 3.46. The zero-order valence-corrected chi connectivity index (χ0v) is 23.1. The summed E-state index contributed by atoms with van der Waals surface area (Å²) in [6, 6.07) is 20.2. The highest BCUT2D eigenvalue weighted by Gasteiger charge is 2.46. The predicted molar refractivity (Wildman–Crippen MR) is 157 cm³/mol.